The molecule has 0 aliphatic rings. The van der Waals surface area contributed by atoms with Gasteiger partial charge in [0.05, 0.1) is 0 Å². The van der Waals surface area contributed by atoms with Crippen molar-refractivity contribution in [2.45, 2.75) is 0 Å². The molecule has 3 rings (SSSR count). The summed E-state index contributed by atoms with van der Waals surface area (Å²) in [5.74, 6) is -3.12. The first-order valence-electron chi connectivity index (χ1n) is 7.83. The Bertz CT molecular complexity index is 916. The normalized spacial score (nSPS) is 10.2. The molecule has 0 aliphatic heterocycles. The molecule has 0 aliphatic carbocycles. The second-order valence-corrected chi connectivity index (χ2v) is 5.46. The predicted molar refractivity (Wildman–Crippen MR) is 94.4 cm³/mol. The SMILES string of the molecule is O=C(C(=O)c1cccc(C(=O)C(=O)c2ccccc2)n1)c1ccccc1. The summed E-state index contributed by atoms with van der Waals surface area (Å²) in [5.41, 5.74) is 0.115. The van der Waals surface area contributed by atoms with Gasteiger partial charge in [0.15, 0.2) is 0 Å². The molecule has 0 atom stereocenters. The molecular formula is C21H13NO4. The highest BCUT2D eigenvalue weighted by molar-refractivity contribution is 6.50. The topological polar surface area (TPSA) is 81.2 Å². The largest absolute Gasteiger partial charge is 0.285 e. The third kappa shape index (κ3) is 3.52. The van der Waals surface area contributed by atoms with E-state index in [4.69, 9.17) is 0 Å². The third-order valence-electron chi connectivity index (χ3n) is 3.70. The van der Waals surface area contributed by atoms with E-state index in [1.165, 1.54) is 42.5 Å². The number of carbonyl (C=O) groups is 4. The van der Waals surface area contributed by atoms with Crippen LogP contribution in [0.25, 0.3) is 0 Å². The highest BCUT2D eigenvalue weighted by atomic mass is 16.2. The van der Waals surface area contributed by atoms with Crippen LogP contribution < -0.4 is 0 Å². The van der Waals surface area contributed by atoms with E-state index in [1.807, 2.05) is 0 Å². The lowest BCUT2D eigenvalue weighted by Gasteiger charge is -2.03. The van der Waals surface area contributed by atoms with Gasteiger partial charge in [0.25, 0.3) is 11.6 Å². The first-order chi connectivity index (χ1) is 12.6. The van der Waals surface area contributed by atoms with E-state index in [2.05, 4.69) is 4.98 Å². The number of carbonyl (C=O) groups excluding carboxylic acids is 4. The van der Waals surface area contributed by atoms with Crippen LogP contribution in [-0.2, 0) is 0 Å². The van der Waals surface area contributed by atoms with Gasteiger partial charge in [-0.3, -0.25) is 19.2 Å². The average molecular weight is 343 g/mol. The van der Waals surface area contributed by atoms with E-state index in [9.17, 15) is 19.2 Å². The second kappa shape index (κ2) is 7.44. The van der Waals surface area contributed by atoms with Gasteiger partial charge >= 0.3 is 0 Å². The molecule has 26 heavy (non-hydrogen) atoms. The van der Waals surface area contributed by atoms with Gasteiger partial charge in [-0.25, -0.2) is 4.98 Å². The maximum absolute atomic E-state index is 12.4. The lowest BCUT2D eigenvalue weighted by atomic mass is 10.0. The minimum Gasteiger partial charge on any atom is -0.285 e. The maximum atomic E-state index is 12.4. The number of ketones is 4. The molecule has 5 nitrogen and oxygen atoms in total. The summed E-state index contributed by atoms with van der Waals surface area (Å²) in [6.45, 7) is 0. The molecule has 126 valence electrons. The van der Waals surface area contributed by atoms with Crippen LogP contribution in [0.3, 0.4) is 0 Å². The van der Waals surface area contributed by atoms with Crippen LogP contribution in [0.5, 0.6) is 0 Å². The van der Waals surface area contributed by atoms with Gasteiger partial charge < -0.3 is 0 Å². The summed E-state index contributed by atoms with van der Waals surface area (Å²) in [4.78, 5) is 53.1. The van der Waals surface area contributed by atoms with Gasteiger partial charge in [0.2, 0.25) is 11.6 Å². The Labute approximate surface area is 149 Å². The summed E-state index contributed by atoms with van der Waals surface area (Å²) >= 11 is 0. The lowest BCUT2D eigenvalue weighted by Crippen LogP contribution is -2.20. The zero-order valence-corrected chi connectivity index (χ0v) is 13.6. The molecule has 0 unspecified atom stereocenters. The van der Waals surface area contributed by atoms with Gasteiger partial charge in [-0.1, -0.05) is 66.7 Å². The van der Waals surface area contributed by atoms with Gasteiger partial charge in [-0.15, -0.1) is 0 Å². The molecule has 0 N–H and O–H groups in total. The molecule has 0 bridgehead atoms. The van der Waals surface area contributed by atoms with Crippen molar-refractivity contribution in [2.75, 3.05) is 0 Å². The lowest BCUT2D eigenvalue weighted by molar-refractivity contribution is 0.0806. The van der Waals surface area contributed by atoms with Crippen molar-refractivity contribution in [3.63, 3.8) is 0 Å². The summed E-state index contributed by atoms with van der Waals surface area (Å²) in [6, 6.07) is 20.2. The molecule has 0 amide bonds. The first kappa shape index (κ1) is 17.1. The molecule has 1 aromatic heterocycles. The minimum atomic E-state index is -0.835. The second-order valence-electron chi connectivity index (χ2n) is 5.46. The summed E-state index contributed by atoms with van der Waals surface area (Å²) in [5, 5.41) is 0. The molecule has 0 saturated carbocycles. The number of nitrogens with zero attached hydrogens (tertiary/aromatic N) is 1. The number of hydrogen-bond acceptors (Lipinski definition) is 5. The maximum Gasteiger partial charge on any atom is 0.251 e. The average Bonchev–Trinajstić information content (AvgIpc) is 2.73. The van der Waals surface area contributed by atoms with Gasteiger partial charge in [-0.05, 0) is 12.1 Å². The third-order valence-corrected chi connectivity index (χ3v) is 3.70. The Hall–Kier alpha value is -3.73. The molecular weight excluding hydrogens is 330 g/mol. The van der Waals surface area contributed by atoms with Crippen molar-refractivity contribution in [1.82, 2.24) is 4.98 Å². The van der Waals surface area contributed by atoms with Crippen LogP contribution in [0.4, 0.5) is 0 Å². The quantitative estimate of drug-likeness (QED) is 0.507. The molecule has 5 heteroatoms. The highest BCUT2D eigenvalue weighted by Crippen LogP contribution is 2.10. The van der Waals surface area contributed by atoms with Crippen molar-refractivity contribution in [3.8, 4) is 0 Å². The predicted octanol–water partition coefficient (Wildman–Crippen LogP) is 3.21. The van der Waals surface area contributed by atoms with Crippen LogP contribution in [-0.4, -0.2) is 28.1 Å². The van der Waals surface area contributed by atoms with E-state index in [0.717, 1.165) is 0 Å². The molecule has 0 saturated heterocycles. The van der Waals surface area contributed by atoms with Crippen LogP contribution in [0.1, 0.15) is 41.7 Å². The molecule has 3 aromatic rings. The van der Waals surface area contributed by atoms with Crippen molar-refractivity contribution >= 4 is 23.1 Å². The van der Waals surface area contributed by atoms with Crippen LogP contribution in [0, 0.1) is 0 Å². The van der Waals surface area contributed by atoms with E-state index < -0.39 is 23.1 Å². The molecule has 0 radical (unpaired) electrons. The highest BCUT2D eigenvalue weighted by Gasteiger charge is 2.23. The number of hydrogen-bond donors (Lipinski definition) is 0. The van der Waals surface area contributed by atoms with Crippen molar-refractivity contribution in [3.05, 3.63) is 101 Å². The number of rotatable bonds is 6. The van der Waals surface area contributed by atoms with E-state index in [-0.39, 0.29) is 22.5 Å². The Morgan fingerprint density at radius 3 is 1.23 bits per heavy atom. The smallest absolute Gasteiger partial charge is 0.251 e. The number of aromatic nitrogens is 1. The fourth-order valence-electron chi connectivity index (χ4n) is 2.36. The van der Waals surface area contributed by atoms with Crippen molar-refractivity contribution < 1.29 is 19.2 Å². The summed E-state index contributed by atoms with van der Waals surface area (Å²) < 4.78 is 0. The summed E-state index contributed by atoms with van der Waals surface area (Å²) in [7, 11) is 0. The van der Waals surface area contributed by atoms with E-state index >= 15 is 0 Å². The van der Waals surface area contributed by atoms with Gasteiger partial charge in [0, 0.05) is 11.1 Å². The fourth-order valence-corrected chi connectivity index (χ4v) is 2.36. The fraction of sp³-hybridized carbons (Fsp3) is 0. The molecule has 2 aromatic carbocycles. The monoisotopic (exact) mass is 343 g/mol. The number of Topliss-reactive ketones (excluding diaryl/α,β-unsaturated/α-hetero) is 4. The van der Waals surface area contributed by atoms with Gasteiger partial charge in [0.1, 0.15) is 11.4 Å². The Balaban J connectivity index is 1.86. The van der Waals surface area contributed by atoms with Crippen molar-refractivity contribution in [2.24, 2.45) is 0 Å². The van der Waals surface area contributed by atoms with E-state index in [1.54, 1.807) is 36.4 Å². The molecule has 1 heterocycles. The molecule has 0 spiro atoms. The number of pyridine rings is 1. The van der Waals surface area contributed by atoms with Crippen LogP contribution >= 0.6 is 0 Å². The summed E-state index contributed by atoms with van der Waals surface area (Å²) in [6.07, 6.45) is 0. The van der Waals surface area contributed by atoms with Gasteiger partial charge in [-0.2, -0.15) is 0 Å². The number of benzene rings is 2. The van der Waals surface area contributed by atoms with Crippen LogP contribution in [0.2, 0.25) is 0 Å². The van der Waals surface area contributed by atoms with Crippen molar-refractivity contribution in [1.29, 1.82) is 0 Å². The zero-order valence-electron chi connectivity index (χ0n) is 13.6. The van der Waals surface area contributed by atoms with Crippen LogP contribution in [0.15, 0.2) is 78.9 Å². The Morgan fingerprint density at radius 2 is 0.846 bits per heavy atom. The Kier molecular flexibility index (Phi) is 4.90. The molecule has 0 fully saturated rings. The minimum absolute atomic E-state index is 0.175. The zero-order chi connectivity index (χ0) is 18.5. The standard InChI is InChI=1S/C21H13NO4/c23-18(14-8-3-1-4-9-14)20(25)16-12-7-13-17(22-16)21(26)19(24)15-10-5-2-6-11-15/h1-13H. The first-order valence-corrected chi connectivity index (χ1v) is 7.83. The van der Waals surface area contributed by atoms with E-state index in [0.29, 0.717) is 0 Å². The Morgan fingerprint density at radius 1 is 0.462 bits per heavy atom.